The van der Waals surface area contributed by atoms with Crippen LogP contribution < -0.4 is 11.1 Å². The van der Waals surface area contributed by atoms with Crippen LogP contribution in [0.1, 0.15) is 36.5 Å². The predicted octanol–water partition coefficient (Wildman–Crippen LogP) is 1.89. The molecule has 3 N–H and O–H groups in total. The van der Waals surface area contributed by atoms with Crippen LogP contribution in [0.4, 0.5) is 4.39 Å². The van der Waals surface area contributed by atoms with E-state index in [2.05, 4.69) is 5.32 Å². The van der Waals surface area contributed by atoms with Gasteiger partial charge in [-0.3, -0.25) is 9.59 Å². The van der Waals surface area contributed by atoms with Crippen molar-refractivity contribution in [2.75, 3.05) is 13.1 Å². The van der Waals surface area contributed by atoms with Crippen molar-refractivity contribution in [3.8, 4) is 0 Å². The number of Topliss-reactive ketones (excluding diaryl/α,β-unsaturated/α-hetero) is 1. The van der Waals surface area contributed by atoms with Crippen LogP contribution in [0.25, 0.3) is 0 Å². The second-order valence-electron chi connectivity index (χ2n) is 4.83. The van der Waals surface area contributed by atoms with Crippen LogP contribution in [0, 0.1) is 11.7 Å². The number of carbonyl (C=O) groups excluding carboxylic acids is 2. The van der Waals surface area contributed by atoms with Crippen LogP contribution in [0.2, 0.25) is 0 Å². The molecule has 0 saturated carbocycles. The van der Waals surface area contributed by atoms with Gasteiger partial charge in [0, 0.05) is 24.4 Å². The fourth-order valence-corrected chi connectivity index (χ4v) is 1.87. The van der Waals surface area contributed by atoms with E-state index in [-0.39, 0.29) is 18.1 Å². The van der Waals surface area contributed by atoms with Crippen molar-refractivity contribution in [2.45, 2.75) is 26.2 Å². The lowest BCUT2D eigenvalue weighted by atomic mass is 9.96. The maximum Gasteiger partial charge on any atom is 0.220 e. The third-order valence-corrected chi connectivity index (χ3v) is 3.00. The normalized spacial score (nSPS) is 11.9. The molecule has 1 aromatic rings. The Kier molecular flexibility index (Phi) is 6.87. The summed E-state index contributed by atoms with van der Waals surface area (Å²) in [5, 5.41) is 2.75. The first-order valence-electron chi connectivity index (χ1n) is 6.81. The first-order valence-corrected chi connectivity index (χ1v) is 6.81. The quantitative estimate of drug-likeness (QED) is 0.564. The number of ketones is 1. The Balaban J connectivity index is 2.43. The summed E-state index contributed by atoms with van der Waals surface area (Å²) in [5.74, 6) is -1.30. The molecule has 0 aromatic heterocycles. The molecule has 1 aromatic carbocycles. The number of nitrogens with one attached hydrogen (secondary N) is 1. The Hall–Kier alpha value is -1.75. The molecule has 1 amide bonds. The Morgan fingerprint density at radius 3 is 2.75 bits per heavy atom. The van der Waals surface area contributed by atoms with Gasteiger partial charge in [0.25, 0.3) is 0 Å². The van der Waals surface area contributed by atoms with Crippen molar-refractivity contribution in [3.05, 3.63) is 35.6 Å². The van der Waals surface area contributed by atoms with Crippen LogP contribution >= 0.6 is 0 Å². The third-order valence-electron chi connectivity index (χ3n) is 3.00. The van der Waals surface area contributed by atoms with Gasteiger partial charge in [-0.2, -0.15) is 0 Å². The van der Waals surface area contributed by atoms with Gasteiger partial charge in [-0.05, 0) is 31.5 Å². The van der Waals surface area contributed by atoms with E-state index in [9.17, 15) is 14.0 Å². The molecule has 0 spiro atoms. The Morgan fingerprint density at radius 2 is 2.10 bits per heavy atom. The predicted molar refractivity (Wildman–Crippen MR) is 75.8 cm³/mol. The molecule has 0 aliphatic heterocycles. The topological polar surface area (TPSA) is 72.2 Å². The second-order valence-corrected chi connectivity index (χ2v) is 4.83. The van der Waals surface area contributed by atoms with E-state index < -0.39 is 11.7 Å². The summed E-state index contributed by atoms with van der Waals surface area (Å²) in [6.45, 7) is 2.84. The van der Waals surface area contributed by atoms with Gasteiger partial charge in [-0.15, -0.1) is 0 Å². The highest BCUT2D eigenvalue weighted by Gasteiger charge is 2.18. The minimum absolute atomic E-state index is 0.109. The Bertz CT molecular complexity index is 463. The van der Waals surface area contributed by atoms with Gasteiger partial charge in [0.2, 0.25) is 5.91 Å². The monoisotopic (exact) mass is 280 g/mol. The van der Waals surface area contributed by atoms with Crippen molar-refractivity contribution in [1.29, 1.82) is 0 Å². The van der Waals surface area contributed by atoms with Crippen molar-refractivity contribution < 1.29 is 14.0 Å². The highest BCUT2D eigenvalue weighted by molar-refractivity contribution is 5.99. The smallest absolute Gasteiger partial charge is 0.220 e. The van der Waals surface area contributed by atoms with Gasteiger partial charge < -0.3 is 11.1 Å². The SMILES string of the molecule is CC(CC(=O)NCCCCN)C(=O)c1cccc(F)c1. The van der Waals surface area contributed by atoms with Gasteiger partial charge in [0.05, 0.1) is 0 Å². The molecule has 20 heavy (non-hydrogen) atoms. The van der Waals surface area contributed by atoms with E-state index in [1.54, 1.807) is 13.0 Å². The molecule has 4 nitrogen and oxygen atoms in total. The molecule has 1 rings (SSSR count). The lowest BCUT2D eigenvalue weighted by Gasteiger charge is -2.11. The third kappa shape index (κ3) is 5.48. The largest absolute Gasteiger partial charge is 0.356 e. The van der Waals surface area contributed by atoms with E-state index >= 15 is 0 Å². The number of hydrogen-bond acceptors (Lipinski definition) is 3. The number of unbranched alkanes of at least 4 members (excludes halogenated alkanes) is 1. The summed E-state index contributed by atoms with van der Waals surface area (Å²) >= 11 is 0. The molecule has 0 saturated heterocycles. The molecule has 0 aliphatic rings. The summed E-state index contributed by atoms with van der Waals surface area (Å²) in [5.41, 5.74) is 5.65. The number of benzene rings is 1. The maximum absolute atomic E-state index is 13.1. The fourth-order valence-electron chi connectivity index (χ4n) is 1.87. The first-order chi connectivity index (χ1) is 9.54. The Morgan fingerprint density at radius 1 is 1.35 bits per heavy atom. The summed E-state index contributed by atoms with van der Waals surface area (Å²) in [6.07, 6.45) is 1.80. The van der Waals surface area contributed by atoms with Crippen molar-refractivity contribution in [2.24, 2.45) is 11.7 Å². The number of halogens is 1. The highest BCUT2D eigenvalue weighted by atomic mass is 19.1. The van der Waals surface area contributed by atoms with E-state index in [0.29, 0.717) is 18.7 Å². The molecule has 0 bridgehead atoms. The van der Waals surface area contributed by atoms with Crippen LogP contribution in [-0.4, -0.2) is 24.8 Å². The maximum atomic E-state index is 13.1. The minimum Gasteiger partial charge on any atom is -0.356 e. The zero-order chi connectivity index (χ0) is 15.0. The van der Waals surface area contributed by atoms with Gasteiger partial charge in [-0.1, -0.05) is 19.1 Å². The molecule has 1 unspecified atom stereocenters. The number of nitrogens with two attached hydrogens (primary N) is 1. The molecule has 110 valence electrons. The molecule has 0 fully saturated rings. The lowest BCUT2D eigenvalue weighted by molar-refractivity contribution is -0.121. The van der Waals surface area contributed by atoms with E-state index in [4.69, 9.17) is 5.73 Å². The van der Waals surface area contributed by atoms with E-state index in [1.807, 2.05) is 0 Å². The number of amides is 1. The highest BCUT2D eigenvalue weighted by Crippen LogP contribution is 2.13. The molecule has 0 aliphatic carbocycles. The number of rotatable bonds is 8. The summed E-state index contributed by atoms with van der Waals surface area (Å²) < 4.78 is 13.1. The standard InChI is InChI=1S/C15H21FN2O2/c1-11(9-14(19)18-8-3-2-7-17)15(20)12-5-4-6-13(16)10-12/h4-6,10-11H,2-3,7-9,17H2,1H3,(H,18,19). The molecule has 5 heteroatoms. The zero-order valence-electron chi connectivity index (χ0n) is 11.7. The van der Waals surface area contributed by atoms with Crippen molar-refractivity contribution in [3.63, 3.8) is 0 Å². The van der Waals surface area contributed by atoms with E-state index in [0.717, 1.165) is 12.8 Å². The zero-order valence-corrected chi connectivity index (χ0v) is 11.7. The summed E-state index contributed by atoms with van der Waals surface area (Å²) in [4.78, 5) is 23.7. The average molecular weight is 280 g/mol. The molecular weight excluding hydrogens is 259 g/mol. The molecule has 0 radical (unpaired) electrons. The average Bonchev–Trinajstić information content (AvgIpc) is 2.42. The molecular formula is C15H21FN2O2. The number of hydrogen-bond donors (Lipinski definition) is 2. The molecule has 0 heterocycles. The second kappa shape index (κ2) is 8.43. The summed E-state index contributed by atoms with van der Waals surface area (Å²) in [6, 6.07) is 5.52. The minimum atomic E-state index is -0.466. The van der Waals surface area contributed by atoms with Crippen molar-refractivity contribution >= 4 is 11.7 Å². The summed E-state index contributed by atoms with van der Waals surface area (Å²) in [7, 11) is 0. The Labute approximate surface area is 118 Å². The first kappa shape index (κ1) is 16.3. The van der Waals surface area contributed by atoms with Crippen LogP contribution in [0.3, 0.4) is 0 Å². The van der Waals surface area contributed by atoms with Gasteiger partial charge >= 0.3 is 0 Å². The molecule has 1 atom stereocenters. The van der Waals surface area contributed by atoms with Crippen LogP contribution in [0.15, 0.2) is 24.3 Å². The van der Waals surface area contributed by atoms with Crippen molar-refractivity contribution in [1.82, 2.24) is 5.32 Å². The lowest BCUT2D eigenvalue weighted by Crippen LogP contribution is -2.28. The number of carbonyl (C=O) groups is 2. The van der Waals surface area contributed by atoms with Crippen LogP contribution in [-0.2, 0) is 4.79 Å². The van der Waals surface area contributed by atoms with Crippen LogP contribution in [0.5, 0.6) is 0 Å². The van der Waals surface area contributed by atoms with Gasteiger partial charge in [-0.25, -0.2) is 4.39 Å². The van der Waals surface area contributed by atoms with Gasteiger partial charge in [0.1, 0.15) is 5.82 Å². The van der Waals surface area contributed by atoms with E-state index in [1.165, 1.54) is 18.2 Å². The fraction of sp³-hybridized carbons (Fsp3) is 0.467. The van der Waals surface area contributed by atoms with Gasteiger partial charge in [0.15, 0.2) is 5.78 Å².